The minimum Gasteiger partial charge on any atom is -0.420 e. The maximum Gasteiger partial charge on any atom is 0.248 e. The smallest absolute Gasteiger partial charge is 0.248 e. The Balaban J connectivity index is 1.46. The molecule has 4 aromatic rings. The number of rotatable bonds is 5. The van der Waals surface area contributed by atoms with Crippen LogP contribution in [0, 0.1) is 5.82 Å². The van der Waals surface area contributed by atoms with Crippen LogP contribution in [0.5, 0.6) is 0 Å². The molecule has 1 N–H and O–H groups in total. The van der Waals surface area contributed by atoms with E-state index in [1.54, 1.807) is 18.2 Å². The first-order valence-electron chi connectivity index (χ1n) is 7.58. The molecule has 0 radical (unpaired) electrons. The monoisotopic (exact) mass is 431 g/mol. The molecule has 130 valence electrons. The fourth-order valence-corrected chi connectivity index (χ4v) is 3.36. The molecule has 0 saturated heterocycles. The van der Waals surface area contributed by atoms with Crippen molar-refractivity contribution >= 4 is 27.7 Å². The van der Waals surface area contributed by atoms with E-state index in [0.717, 1.165) is 10.0 Å². The highest BCUT2D eigenvalue weighted by Gasteiger charge is 2.14. The number of benzene rings is 2. The van der Waals surface area contributed by atoms with Gasteiger partial charge in [-0.3, -0.25) is 5.10 Å². The van der Waals surface area contributed by atoms with Gasteiger partial charge in [0.1, 0.15) is 5.82 Å². The summed E-state index contributed by atoms with van der Waals surface area (Å²) in [5.74, 6) is 1.33. The second-order valence-electron chi connectivity index (χ2n) is 5.22. The maximum atomic E-state index is 13.8. The van der Waals surface area contributed by atoms with E-state index in [2.05, 4.69) is 41.3 Å². The van der Waals surface area contributed by atoms with Crippen molar-refractivity contribution < 1.29 is 8.81 Å². The van der Waals surface area contributed by atoms with Crippen molar-refractivity contribution in [2.45, 2.75) is 10.9 Å². The van der Waals surface area contributed by atoms with Gasteiger partial charge in [0.05, 0.1) is 16.9 Å². The Morgan fingerprint density at radius 2 is 1.81 bits per heavy atom. The van der Waals surface area contributed by atoms with Gasteiger partial charge in [0.25, 0.3) is 0 Å². The fourth-order valence-electron chi connectivity index (χ4n) is 2.27. The predicted octanol–water partition coefficient (Wildman–Crippen LogP) is 4.72. The molecular formula is C17H11BrFN5OS. The molecular weight excluding hydrogens is 421 g/mol. The fraction of sp³-hybridized carbons (Fsp3) is 0.0588. The van der Waals surface area contributed by atoms with Crippen molar-refractivity contribution in [2.75, 3.05) is 0 Å². The lowest BCUT2D eigenvalue weighted by Crippen LogP contribution is -1.85. The van der Waals surface area contributed by atoms with Gasteiger partial charge in [-0.1, -0.05) is 36.0 Å². The van der Waals surface area contributed by atoms with Crippen molar-refractivity contribution in [1.82, 2.24) is 25.4 Å². The number of halogens is 2. The number of nitrogens with one attached hydrogen (secondary N) is 1. The Morgan fingerprint density at radius 1 is 1.04 bits per heavy atom. The van der Waals surface area contributed by atoms with E-state index in [1.807, 2.05) is 24.3 Å². The molecule has 0 saturated carbocycles. The topological polar surface area (TPSA) is 80.5 Å². The zero-order valence-electron chi connectivity index (χ0n) is 13.2. The van der Waals surface area contributed by atoms with Crippen LogP contribution in [0.2, 0.25) is 0 Å². The zero-order valence-corrected chi connectivity index (χ0v) is 15.6. The number of nitrogens with zero attached hydrogens (tertiary/aromatic N) is 4. The van der Waals surface area contributed by atoms with Crippen LogP contribution in [0.1, 0.15) is 5.89 Å². The van der Waals surface area contributed by atoms with Gasteiger partial charge in [-0.15, -0.1) is 15.3 Å². The first-order valence-corrected chi connectivity index (χ1v) is 9.36. The Labute approximate surface area is 160 Å². The average molecular weight is 432 g/mol. The van der Waals surface area contributed by atoms with Gasteiger partial charge in [0.15, 0.2) is 5.82 Å². The highest BCUT2D eigenvalue weighted by atomic mass is 79.9. The SMILES string of the molecule is Fc1ccccc1-c1nc(SCc2nnc(-c3ccccc3Br)o2)n[nH]1. The summed E-state index contributed by atoms with van der Waals surface area (Å²) in [6, 6.07) is 14.0. The highest BCUT2D eigenvalue weighted by molar-refractivity contribution is 9.10. The summed E-state index contributed by atoms with van der Waals surface area (Å²) in [7, 11) is 0. The number of aromatic nitrogens is 5. The average Bonchev–Trinajstić information content (AvgIpc) is 3.30. The summed E-state index contributed by atoms with van der Waals surface area (Å²) in [4.78, 5) is 4.29. The molecule has 2 heterocycles. The summed E-state index contributed by atoms with van der Waals surface area (Å²) >= 11 is 4.78. The Hall–Kier alpha value is -2.52. The van der Waals surface area contributed by atoms with E-state index < -0.39 is 0 Å². The number of aromatic amines is 1. The van der Waals surface area contributed by atoms with Crippen molar-refractivity contribution in [3.05, 3.63) is 64.7 Å². The van der Waals surface area contributed by atoms with Gasteiger partial charge >= 0.3 is 0 Å². The molecule has 0 fully saturated rings. The lowest BCUT2D eigenvalue weighted by molar-refractivity contribution is 0.528. The van der Waals surface area contributed by atoms with Crippen LogP contribution < -0.4 is 0 Å². The molecule has 9 heteroatoms. The van der Waals surface area contributed by atoms with Crippen molar-refractivity contribution in [1.29, 1.82) is 0 Å². The van der Waals surface area contributed by atoms with E-state index in [4.69, 9.17) is 4.42 Å². The molecule has 0 aliphatic carbocycles. The van der Waals surface area contributed by atoms with Gasteiger partial charge in [-0.05, 0) is 40.2 Å². The molecule has 0 atom stereocenters. The third-order valence-electron chi connectivity index (χ3n) is 3.49. The summed E-state index contributed by atoms with van der Waals surface area (Å²) < 4.78 is 20.4. The Kier molecular flexibility index (Phi) is 4.81. The van der Waals surface area contributed by atoms with E-state index in [-0.39, 0.29) is 5.82 Å². The standard InChI is InChI=1S/C17H11BrFN5OS/c18-12-7-3-1-5-10(12)16-23-21-14(25-16)9-26-17-20-15(22-24-17)11-6-2-4-8-13(11)19/h1-8H,9H2,(H,20,22,24). The number of hydrogen-bond acceptors (Lipinski definition) is 6. The van der Waals surface area contributed by atoms with Crippen LogP contribution in [0.15, 0.2) is 62.6 Å². The van der Waals surface area contributed by atoms with Crippen molar-refractivity contribution in [2.24, 2.45) is 0 Å². The molecule has 0 unspecified atom stereocenters. The molecule has 0 aliphatic heterocycles. The Morgan fingerprint density at radius 3 is 2.62 bits per heavy atom. The summed E-state index contributed by atoms with van der Waals surface area (Å²) in [5.41, 5.74) is 1.21. The van der Waals surface area contributed by atoms with Crippen molar-refractivity contribution in [3.63, 3.8) is 0 Å². The third-order valence-corrected chi connectivity index (χ3v) is 5.01. The van der Waals surface area contributed by atoms with E-state index in [0.29, 0.717) is 34.1 Å². The highest BCUT2D eigenvalue weighted by Crippen LogP contribution is 2.28. The van der Waals surface area contributed by atoms with Crippen LogP contribution >= 0.6 is 27.7 Å². The van der Waals surface area contributed by atoms with Crippen LogP contribution in [-0.2, 0) is 5.75 Å². The van der Waals surface area contributed by atoms with E-state index in [1.165, 1.54) is 17.8 Å². The number of thioether (sulfide) groups is 1. The summed E-state index contributed by atoms with van der Waals surface area (Å²) in [6.45, 7) is 0. The van der Waals surface area contributed by atoms with Gasteiger partial charge in [0, 0.05) is 4.47 Å². The molecule has 26 heavy (non-hydrogen) atoms. The molecule has 4 rings (SSSR count). The third kappa shape index (κ3) is 3.54. The normalized spacial score (nSPS) is 11.0. The molecule has 0 spiro atoms. The second kappa shape index (κ2) is 7.38. The van der Waals surface area contributed by atoms with Crippen LogP contribution in [-0.4, -0.2) is 25.4 Å². The molecule has 0 aliphatic rings. The van der Waals surface area contributed by atoms with E-state index in [9.17, 15) is 4.39 Å². The maximum absolute atomic E-state index is 13.8. The van der Waals surface area contributed by atoms with Crippen LogP contribution in [0.3, 0.4) is 0 Å². The van der Waals surface area contributed by atoms with E-state index >= 15 is 0 Å². The molecule has 2 aromatic carbocycles. The Bertz CT molecular complexity index is 967. The van der Waals surface area contributed by atoms with Crippen molar-refractivity contribution in [3.8, 4) is 22.8 Å². The second-order valence-corrected chi connectivity index (χ2v) is 7.01. The largest absolute Gasteiger partial charge is 0.420 e. The minimum atomic E-state index is -0.352. The lowest BCUT2D eigenvalue weighted by atomic mass is 10.2. The quantitative estimate of drug-likeness (QED) is 0.460. The number of hydrogen-bond donors (Lipinski definition) is 1. The molecule has 6 nitrogen and oxygen atoms in total. The first kappa shape index (κ1) is 16.9. The van der Waals surface area contributed by atoms with Gasteiger partial charge in [-0.25, -0.2) is 9.37 Å². The molecule has 0 bridgehead atoms. The first-order chi connectivity index (χ1) is 12.7. The number of H-pyrrole nitrogens is 1. The molecule has 0 amide bonds. The summed E-state index contributed by atoms with van der Waals surface area (Å²) in [6.07, 6.45) is 0. The minimum absolute atomic E-state index is 0.352. The predicted molar refractivity (Wildman–Crippen MR) is 98.8 cm³/mol. The lowest BCUT2D eigenvalue weighted by Gasteiger charge is -1.97. The summed E-state index contributed by atoms with van der Waals surface area (Å²) in [5, 5.41) is 15.4. The van der Waals surface area contributed by atoms with Gasteiger partial charge < -0.3 is 4.42 Å². The zero-order chi connectivity index (χ0) is 17.9. The van der Waals surface area contributed by atoms with Crippen LogP contribution in [0.4, 0.5) is 4.39 Å². The van der Waals surface area contributed by atoms with Gasteiger partial charge in [0.2, 0.25) is 16.9 Å². The van der Waals surface area contributed by atoms with Gasteiger partial charge in [-0.2, -0.15) is 0 Å². The molecule has 2 aromatic heterocycles. The van der Waals surface area contributed by atoms with Crippen LogP contribution in [0.25, 0.3) is 22.8 Å².